The molecular weight excluding hydrogens is 305 g/mol. The number of hydrogen-bond donors (Lipinski definition) is 2. The molecule has 3 N–H and O–H groups in total. The number of rotatable bonds is 9. The van der Waals surface area contributed by atoms with Gasteiger partial charge in [-0.3, -0.25) is 0 Å². The van der Waals surface area contributed by atoms with E-state index < -0.39 is 21.3 Å². The fraction of sp³-hybridized carbons (Fsp3) is 0.625. The lowest BCUT2D eigenvalue weighted by molar-refractivity contribution is 0.165. The Balaban J connectivity index is 3.48. The van der Waals surface area contributed by atoms with Crippen LogP contribution in [0.25, 0.3) is 0 Å². The van der Waals surface area contributed by atoms with Crippen molar-refractivity contribution in [1.29, 1.82) is 0 Å². The molecular formula is C16H26FNO3S. The minimum absolute atomic E-state index is 0.0878. The van der Waals surface area contributed by atoms with Crippen LogP contribution in [0.1, 0.15) is 57.9 Å². The van der Waals surface area contributed by atoms with Gasteiger partial charge in [0.05, 0.1) is 11.5 Å². The van der Waals surface area contributed by atoms with E-state index >= 15 is 0 Å². The average molecular weight is 331 g/mol. The molecule has 0 aliphatic rings. The van der Waals surface area contributed by atoms with Crippen LogP contribution < -0.4 is 5.14 Å². The molecule has 0 unspecified atom stereocenters. The van der Waals surface area contributed by atoms with E-state index in [1.165, 1.54) is 12.1 Å². The Morgan fingerprint density at radius 1 is 1.18 bits per heavy atom. The molecule has 0 aliphatic carbocycles. The molecule has 0 saturated heterocycles. The molecule has 4 nitrogen and oxygen atoms in total. The maximum atomic E-state index is 13.7. The molecule has 0 fully saturated rings. The Hall–Kier alpha value is -0.980. The van der Waals surface area contributed by atoms with Crippen LogP contribution in [-0.4, -0.2) is 20.1 Å². The number of benzene rings is 1. The van der Waals surface area contributed by atoms with E-state index in [0.717, 1.165) is 31.7 Å². The van der Waals surface area contributed by atoms with Crippen LogP contribution in [0.3, 0.4) is 0 Å². The van der Waals surface area contributed by atoms with Crippen LogP contribution in [0.4, 0.5) is 4.39 Å². The zero-order valence-electron chi connectivity index (χ0n) is 13.3. The molecule has 22 heavy (non-hydrogen) atoms. The molecule has 1 aromatic rings. The molecule has 0 amide bonds. The normalized spacial score (nSPS) is 12.6. The summed E-state index contributed by atoms with van der Waals surface area (Å²) in [5.41, 5.74) is -0.463. The van der Waals surface area contributed by atoms with Crippen LogP contribution in [0, 0.1) is 5.82 Å². The van der Waals surface area contributed by atoms with Crippen LogP contribution in [-0.2, 0) is 15.4 Å². The number of aliphatic hydroxyl groups is 1. The summed E-state index contributed by atoms with van der Waals surface area (Å²) in [5.74, 6) is -0.520. The highest BCUT2D eigenvalue weighted by Gasteiger charge is 2.35. The van der Waals surface area contributed by atoms with E-state index in [4.69, 9.17) is 5.14 Å². The summed E-state index contributed by atoms with van der Waals surface area (Å²) in [6.45, 7) is 3.82. The predicted molar refractivity (Wildman–Crippen MR) is 85.6 cm³/mol. The zero-order chi connectivity index (χ0) is 16.8. The van der Waals surface area contributed by atoms with E-state index in [1.54, 1.807) is 0 Å². The maximum Gasteiger partial charge on any atom is 0.238 e. The van der Waals surface area contributed by atoms with Crippen molar-refractivity contribution >= 4 is 10.0 Å². The van der Waals surface area contributed by atoms with Gasteiger partial charge >= 0.3 is 0 Å². The molecule has 1 aromatic carbocycles. The Bertz CT molecular complexity index is 579. The van der Waals surface area contributed by atoms with Gasteiger partial charge in [0.2, 0.25) is 10.0 Å². The quantitative estimate of drug-likeness (QED) is 0.729. The van der Waals surface area contributed by atoms with Gasteiger partial charge in [-0.1, -0.05) is 39.5 Å². The second-order valence-corrected chi connectivity index (χ2v) is 7.36. The largest absolute Gasteiger partial charge is 0.395 e. The third kappa shape index (κ3) is 4.51. The van der Waals surface area contributed by atoms with Crippen molar-refractivity contribution in [3.05, 3.63) is 29.6 Å². The lowest BCUT2D eigenvalue weighted by Crippen LogP contribution is -2.33. The van der Waals surface area contributed by atoms with Crippen molar-refractivity contribution in [1.82, 2.24) is 0 Å². The Morgan fingerprint density at radius 2 is 1.73 bits per heavy atom. The lowest BCUT2D eigenvalue weighted by Gasteiger charge is -2.34. The molecule has 0 aliphatic heterocycles. The summed E-state index contributed by atoms with van der Waals surface area (Å²) in [7, 11) is -3.97. The Kier molecular flexibility index (Phi) is 6.97. The van der Waals surface area contributed by atoms with E-state index in [1.807, 2.05) is 13.8 Å². The van der Waals surface area contributed by atoms with Crippen LogP contribution in [0.2, 0.25) is 0 Å². The first-order valence-corrected chi connectivity index (χ1v) is 9.29. The van der Waals surface area contributed by atoms with Gasteiger partial charge < -0.3 is 5.11 Å². The molecule has 1 rings (SSSR count). The second kappa shape index (κ2) is 8.04. The zero-order valence-corrected chi connectivity index (χ0v) is 14.1. The number of unbranched alkanes of at least 4 members (excludes halogenated alkanes) is 2. The fourth-order valence-corrected chi connectivity index (χ4v) is 3.67. The second-order valence-electron chi connectivity index (χ2n) is 5.83. The monoisotopic (exact) mass is 331 g/mol. The summed E-state index contributed by atoms with van der Waals surface area (Å²) < 4.78 is 37.4. The van der Waals surface area contributed by atoms with E-state index in [9.17, 15) is 17.9 Å². The summed E-state index contributed by atoms with van der Waals surface area (Å²) in [5, 5.41) is 15.3. The number of aliphatic hydroxyl groups excluding tert-OH is 1. The summed E-state index contributed by atoms with van der Waals surface area (Å²) in [6.07, 6.45) is 4.68. The third-order valence-corrected chi connectivity index (χ3v) is 5.11. The van der Waals surface area contributed by atoms with Crippen LogP contribution in [0.15, 0.2) is 23.1 Å². The Labute approximate surface area is 132 Å². The topological polar surface area (TPSA) is 80.4 Å². The minimum atomic E-state index is -3.97. The first-order chi connectivity index (χ1) is 10.3. The molecule has 6 heteroatoms. The van der Waals surface area contributed by atoms with Crippen molar-refractivity contribution in [3.63, 3.8) is 0 Å². The third-order valence-electron chi connectivity index (χ3n) is 4.14. The number of halogens is 1. The molecule has 126 valence electrons. The molecule has 0 saturated carbocycles. The van der Waals surface area contributed by atoms with Crippen LogP contribution >= 0.6 is 0 Å². The first-order valence-electron chi connectivity index (χ1n) is 7.74. The van der Waals surface area contributed by atoms with E-state index in [-0.39, 0.29) is 11.5 Å². The summed E-state index contributed by atoms with van der Waals surface area (Å²) in [6, 6.07) is 3.49. The standard InChI is InChI=1S/C16H26FNO3S/c1-3-5-9-16(12-19,10-6-4-2)14-11-13(17)7-8-15(14)22(18,20)21/h7-8,11,19H,3-6,9-10,12H2,1-2H3,(H2,18,20,21). The van der Waals surface area contributed by atoms with Crippen molar-refractivity contribution in [2.75, 3.05) is 6.61 Å². The molecule has 0 radical (unpaired) electrons. The molecule has 0 bridgehead atoms. The predicted octanol–water partition coefficient (Wildman–Crippen LogP) is 3.08. The average Bonchev–Trinajstić information content (AvgIpc) is 2.47. The van der Waals surface area contributed by atoms with Gasteiger partial charge in [0.1, 0.15) is 5.82 Å². The molecule has 0 atom stereocenters. The fourth-order valence-electron chi connectivity index (χ4n) is 2.83. The number of primary sulfonamides is 1. The summed E-state index contributed by atoms with van der Waals surface area (Å²) in [4.78, 5) is -0.0878. The number of hydrogen-bond acceptors (Lipinski definition) is 3. The van der Waals surface area contributed by atoms with E-state index in [0.29, 0.717) is 18.4 Å². The van der Waals surface area contributed by atoms with Crippen molar-refractivity contribution < 1.29 is 17.9 Å². The molecule has 0 spiro atoms. The van der Waals surface area contributed by atoms with Gasteiger partial charge in [-0.15, -0.1) is 0 Å². The first kappa shape index (κ1) is 19.1. The Morgan fingerprint density at radius 3 is 2.14 bits per heavy atom. The van der Waals surface area contributed by atoms with Crippen molar-refractivity contribution in [2.24, 2.45) is 5.14 Å². The van der Waals surface area contributed by atoms with Gasteiger partial charge in [-0.25, -0.2) is 17.9 Å². The van der Waals surface area contributed by atoms with Gasteiger partial charge in [0.25, 0.3) is 0 Å². The van der Waals surface area contributed by atoms with Gasteiger partial charge in [0, 0.05) is 5.41 Å². The smallest absolute Gasteiger partial charge is 0.238 e. The highest BCUT2D eigenvalue weighted by molar-refractivity contribution is 7.89. The van der Waals surface area contributed by atoms with Gasteiger partial charge in [0.15, 0.2) is 0 Å². The van der Waals surface area contributed by atoms with Crippen LogP contribution in [0.5, 0.6) is 0 Å². The summed E-state index contributed by atoms with van der Waals surface area (Å²) >= 11 is 0. The van der Waals surface area contributed by atoms with Gasteiger partial charge in [-0.2, -0.15) is 0 Å². The minimum Gasteiger partial charge on any atom is -0.395 e. The molecule has 0 heterocycles. The van der Waals surface area contributed by atoms with E-state index in [2.05, 4.69) is 0 Å². The highest BCUT2D eigenvalue weighted by atomic mass is 32.2. The number of sulfonamides is 1. The maximum absolute atomic E-state index is 13.7. The van der Waals surface area contributed by atoms with Crippen molar-refractivity contribution in [2.45, 2.75) is 62.7 Å². The van der Waals surface area contributed by atoms with Crippen molar-refractivity contribution in [3.8, 4) is 0 Å². The SMILES string of the molecule is CCCCC(CO)(CCCC)c1cc(F)ccc1S(N)(=O)=O. The van der Waals surface area contributed by atoms with Gasteiger partial charge in [-0.05, 0) is 36.6 Å². The molecule has 0 aromatic heterocycles. The lowest BCUT2D eigenvalue weighted by atomic mass is 9.73. The highest BCUT2D eigenvalue weighted by Crippen LogP contribution is 2.38. The number of nitrogens with two attached hydrogens (primary N) is 1.